The number of amides is 3. The Morgan fingerprint density at radius 2 is 0.918 bits per heavy atom. The summed E-state index contributed by atoms with van der Waals surface area (Å²) in [6.07, 6.45) is 2.58. The fourth-order valence-corrected chi connectivity index (χ4v) is 5.79. The Morgan fingerprint density at radius 1 is 0.571 bits per heavy atom. The number of rotatable bonds is 20. The van der Waals surface area contributed by atoms with E-state index in [4.69, 9.17) is 10.5 Å². The number of carbonyl (C=O) groups excluding carboxylic acids is 4. The van der Waals surface area contributed by atoms with E-state index in [-0.39, 0.29) is 29.6 Å². The van der Waals surface area contributed by atoms with Crippen LogP contribution in [0, 0.1) is 23.7 Å². The van der Waals surface area contributed by atoms with Crippen molar-refractivity contribution in [1.29, 1.82) is 0 Å². The highest BCUT2D eigenvalue weighted by Crippen LogP contribution is 2.29. The Morgan fingerprint density at radius 3 is 1.33 bits per heavy atom. The summed E-state index contributed by atoms with van der Waals surface area (Å²) in [7, 11) is 1.29. The molecule has 2 unspecified atom stereocenters. The number of methoxy groups -OCH3 is 1. The van der Waals surface area contributed by atoms with Crippen molar-refractivity contribution in [2.24, 2.45) is 29.4 Å². The summed E-state index contributed by atoms with van der Waals surface area (Å²) in [5.41, 5.74) is 8.75. The van der Waals surface area contributed by atoms with Crippen LogP contribution in [-0.4, -0.2) is 55.0 Å². The standard InChI is InChI=1S/C39H61N5O5/c1-10-24(5)31(41-35(29-22-18-15-19-23-29)30(40)28-20-16-14-17-21-28)36(45)42-32(25(6)11-2)37(46)43-33(26(7)12-3)38(47)44-34(27(8)13-4)39(48)49-9/h14-27,30-35,41H,10-13,40H2,1-9H3,(H,42,45)(H,43,46)(H,44,47)/t24-,25-,26-,27-,30?,31-,32-,33-,34-,35?/m0/s1. The van der Waals surface area contributed by atoms with Gasteiger partial charge in [-0.2, -0.15) is 0 Å². The van der Waals surface area contributed by atoms with Crippen LogP contribution in [0.2, 0.25) is 0 Å². The Balaban J connectivity index is 2.40. The zero-order valence-corrected chi connectivity index (χ0v) is 31.0. The Labute approximate surface area is 294 Å². The lowest BCUT2D eigenvalue weighted by atomic mass is 9.90. The molecule has 0 saturated heterocycles. The van der Waals surface area contributed by atoms with Gasteiger partial charge in [0.1, 0.15) is 18.1 Å². The topological polar surface area (TPSA) is 152 Å². The van der Waals surface area contributed by atoms with E-state index in [9.17, 15) is 19.2 Å². The number of hydrogen-bond donors (Lipinski definition) is 5. The molecule has 0 aliphatic carbocycles. The van der Waals surface area contributed by atoms with Gasteiger partial charge in [0.05, 0.1) is 19.2 Å². The molecule has 0 aliphatic heterocycles. The van der Waals surface area contributed by atoms with Gasteiger partial charge in [0.15, 0.2) is 0 Å². The molecule has 6 N–H and O–H groups in total. The molecule has 2 rings (SSSR count). The van der Waals surface area contributed by atoms with Crippen LogP contribution in [0.5, 0.6) is 0 Å². The zero-order valence-electron chi connectivity index (χ0n) is 31.0. The first kappa shape index (κ1) is 41.4. The molecule has 10 heteroatoms. The highest BCUT2D eigenvalue weighted by Gasteiger charge is 2.37. The number of nitrogens with two attached hydrogens (primary N) is 1. The molecule has 272 valence electrons. The lowest BCUT2D eigenvalue weighted by Crippen LogP contribution is -2.61. The van der Waals surface area contributed by atoms with Crippen LogP contribution in [0.3, 0.4) is 0 Å². The maximum Gasteiger partial charge on any atom is 0.328 e. The van der Waals surface area contributed by atoms with Crippen LogP contribution < -0.4 is 27.0 Å². The monoisotopic (exact) mass is 679 g/mol. The first-order valence-corrected chi connectivity index (χ1v) is 17.9. The molecular weight excluding hydrogens is 618 g/mol. The Kier molecular flexibility index (Phi) is 17.5. The third-order valence-corrected chi connectivity index (χ3v) is 10.1. The minimum absolute atomic E-state index is 0.0933. The van der Waals surface area contributed by atoms with E-state index in [1.165, 1.54) is 7.11 Å². The number of benzene rings is 2. The Bertz CT molecular complexity index is 1310. The quantitative estimate of drug-likeness (QED) is 0.121. The molecule has 10 atom stereocenters. The van der Waals surface area contributed by atoms with Gasteiger partial charge in [-0.3, -0.25) is 19.7 Å². The average Bonchev–Trinajstić information content (AvgIpc) is 3.13. The van der Waals surface area contributed by atoms with E-state index in [0.29, 0.717) is 25.7 Å². The predicted octanol–water partition coefficient (Wildman–Crippen LogP) is 5.20. The second kappa shape index (κ2) is 20.7. The minimum Gasteiger partial charge on any atom is -0.467 e. The summed E-state index contributed by atoms with van der Waals surface area (Å²) in [6.45, 7) is 15.5. The van der Waals surface area contributed by atoms with E-state index >= 15 is 0 Å². The molecule has 2 aromatic rings. The molecule has 49 heavy (non-hydrogen) atoms. The molecule has 10 nitrogen and oxygen atoms in total. The van der Waals surface area contributed by atoms with Crippen LogP contribution in [0.15, 0.2) is 60.7 Å². The van der Waals surface area contributed by atoms with E-state index in [2.05, 4.69) is 21.3 Å². The van der Waals surface area contributed by atoms with Crippen LogP contribution >= 0.6 is 0 Å². The van der Waals surface area contributed by atoms with Crippen LogP contribution in [0.4, 0.5) is 0 Å². The van der Waals surface area contributed by atoms with Crippen molar-refractivity contribution in [3.63, 3.8) is 0 Å². The highest BCUT2D eigenvalue weighted by atomic mass is 16.5. The molecule has 3 amide bonds. The number of ether oxygens (including phenoxy) is 1. The molecule has 0 aromatic heterocycles. The van der Waals surface area contributed by atoms with Gasteiger partial charge in [0, 0.05) is 6.04 Å². The van der Waals surface area contributed by atoms with Crippen molar-refractivity contribution in [2.75, 3.05) is 7.11 Å². The van der Waals surface area contributed by atoms with Crippen molar-refractivity contribution < 1.29 is 23.9 Å². The third kappa shape index (κ3) is 11.7. The van der Waals surface area contributed by atoms with Crippen LogP contribution in [0.25, 0.3) is 0 Å². The van der Waals surface area contributed by atoms with Crippen molar-refractivity contribution >= 4 is 23.7 Å². The lowest BCUT2D eigenvalue weighted by molar-refractivity contribution is -0.147. The third-order valence-electron chi connectivity index (χ3n) is 10.1. The summed E-state index contributed by atoms with van der Waals surface area (Å²) in [5, 5.41) is 12.4. The first-order chi connectivity index (χ1) is 23.3. The van der Waals surface area contributed by atoms with Crippen molar-refractivity contribution in [1.82, 2.24) is 21.3 Å². The van der Waals surface area contributed by atoms with E-state index < -0.39 is 54.0 Å². The summed E-state index contributed by atoms with van der Waals surface area (Å²) >= 11 is 0. The molecular formula is C39H61N5O5. The van der Waals surface area contributed by atoms with Gasteiger partial charge < -0.3 is 26.4 Å². The molecule has 0 radical (unpaired) electrons. The van der Waals surface area contributed by atoms with Gasteiger partial charge in [0.2, 0.25) is 17.7 Å². The first-order valence-electron chi connectivity index (χ1n) is 17.9. The van der Waals surface area contributed by atoms with Crippen molar-refractivity contribution in [3.8, 4) is 0 Å². The molecule has 0 aliphatic rings. The summed E-state index contributed by atoms with van der Waals surface area (Å²) in [4.78, 5) is 54.5. The summed E-state index contributed by atoms with van der Waals surface area (Å²) in [6, 6.07) is 15.4. The maximum absolute atomic E-state index is 14.3. The molecule has 0 fully saturated rings. The normalized spacial score (nSPS) is 17.5. The molecule has 0 bridgehead atoms. The molecule has 0 spiro atoms. The number of esters is 1. The number of carbonyl (C=O) groups is 4. The summed E-state index contributed by atoms with van der Waals surface area (Å²) in [5.74, 6) is -2.51. The second-order valence-corrected chi connectivity index (χ2v) is 13.5. The SMILES string of the molecule is CC[C@H](C)[C@H](NC(=O)[C@@H](NC(c1ccccc1)C(N)c1ccccc1)[C@@H](C)CC)C(=O)N[C@H](C(=O)N[C@H](C(=O)OC)[C@@H](C)CC)[C@@H](C)CC. The number of nitrogens with one attached hydrogen (secondary N) is 4. The van der Waals surface area contributed by atoms with Gasteiger partial charge in [0.25, 0.3) is 0 Å². The fraction of sp³-hybridized carbons (Fsp3) is 0.590. The van der Waals surface area contributed by atoms with Crippen molar-refractivity contribution in [3.05, 3.63) is 71.8 Å². The number of hydrogen-bond acceptors (Lipinski definition) is 7. The fourth-order valence-electron chi connectivity index (χ4n) is 5.79. The van der Waals surface area contributed by atoms with Gasteiger partial charge in [-0.15, -0.1) is 0 Å². The smallest absolute Gasteiger partial charge is 0.328 e. The average molecular weight is 680 g/mol. The largest absolute Gasteiger partial charge is 0.467 e. The van der Waals surface area contributed by atoms with E-state index in [0.717, 1.165) is 11.1 Å². The predicted molar refractivity (Wildman–Crippen MR) is 195 cm³/mol. The zero-order chi connectivity index (χ0) is 36.7. The molecule has 0 saturated carbocycles. The van der Waals surface area contributed by atoms with Crippen LogP contribution in [0.1, 0.15) is 104 Å². The van der Waals surface area contributed by atoms with Gasteiger partial charge >= 0.3 is 5.97 Å². The summed E-state index contributed by atoms with van der Waals surface area (Å²) < 4.78 is 4.96. The van der Waals surface area contributed by atoms with Crippen molar-refractivity contribution in [2.45, 2.75) is 117 Å². The van der Waals surface area contributed by atoms with Gasteiger partial charge in [-0.1, -0.05) is 142 Å². The van der Waals surface area contributed by atoms with E-state index in [1.54, 1.807) is 0 Å². The van der Waals surface area contributed by atoms with Gasteiger partial charge in [-0.05, 0) is 34.8 Å². The molecule has 2 aromatic carbocycles. The van der Waals surface area contributed by atoms with E-state index in [1.807, 2.05) is 116 Å². The van der Waals surface area contributed by atoms with Crippen LogP contribution in [-0.2, 0) is 23.9 Å². The molecule has 0 heterocycles. The Hall–Kier alpha value is -3.76. The maximum atomic E-state index is 14.3. The highest BCUT2D eigenvalue weighted by molar-refractivity contribution is 5.94. The second-order valence-electron chi connectivity index (χ2n) is 13.5. The minimum atomic E-state index is -0.924. The van der Waals surface area contributed by atoms with Gasteiger partial charge in [-0.25, -0.2) is 4.79 Å². The lowest BCUT2D eigenvalue weighted by Gasteiger charge is -2.35.